The van der Waals surface area contributed by atoms with Gasteiger partial charge < -0.3 is 15.4 Å². The highest BCUT2D eigenvalue weighted by atomic mass is 16.5. The molecule has 1 rings (SSSR count). The van der Waals surface area contributed by atoms with Gasteiger partial charge in [-0.15, -0.1) is 0 Å². The highest BCUT2D eigenvalue weighted by Gasteiger charge is 2.31. The van der Waals surface area contributed by atoms with Crippen molar-refractivity contribution in [3.8, 4) is 0 Å². The van der Waals surface area contributed by atoms with E-state index in [9.17, 15) is 4.79 Å². The van der Waals surface area contributed by atoms with E-state index < -0.39 is 0 Å². The Morgan fingerprint density at radius 1 is 1.64 bits per heavy atom. The number of carbonyl (C=O) groups excluding carboxylic acids is 1. The number of hydrogen-bond donors (Lipinski definition) is 1. The fourth-order valence-electron chi connectivity index (χ4n) is 1.47. The number of nitrogens with zero attached hydrogens (tertiary/aromatic N) is 1. The largest absolute Gasteiger partial charge is 0.385 e. The fraction of sp³-hybridized carbons (Fsp3) is 0.900. The molecule has 2 N–H and O–H groups in total. The Morgan fingerprint density at radius 3 is 2.79 bits per heavy atom. The van der Waals surface area contributed by atoms with Crippen molar-refractivity contribution in [2.75, 3.05) is 20.8 Å². The molecule has 0 aliphatic heterocycles. The summed E-state index contributed by atoms with van der Waals surface area (Å²) in [5, 5.41) is 0. The summed E-state index contributed by atoms with van der Waals surface area (Å²) in [6.45, 7) is 0.675. The zero-order chi connectivity index (χ0) is 10.6. The van der Waals surface area contributed by atoms with E-state index in [4.69, 9.17) is 10.5 Å². The van der Waals surface area contributed by atoms with Gasteiger partial charge in [-0.05, 0) is 25.7 Å². The van der Waals surface area contributed by atoms with Gasteiger partial charge in [0.1, 0.15) is 0 Å². The normalized spacial score (nSPS) is 17.9. The average molecular weight is 200 g/mol. The van der Waals surface area contributed by atoms with Crippen LogP contribution in [0.2, 0.25) is 0 Å². The summed E-state index contributed by atoms with van der Waals surface area (Å²) in [5.74, 6) is 0.0728. The lowest BCUT2D eigenvalue weighted by atomic mass is 10.1. The molecule has 1 fully saturated rings. The van der Waals surface area contributed by atoms with E-state index in [0.29, 0.717) is 19.1 Å². The average Bonchev–Trinajstić information content (AvgIpc) is 2.99. The second kappa shape index (κ2) is 5.32. The molecule has 1 atom stereocenters. The molecule has 1 saturated carbocycles. The first-order chi connectivity index (χ1) is 6.66. The molecule has 0 radical (unpaired) electrons. The molecular formula is C10H20N2O2. The number of ether oxygens (including phenoxy) is 1. The molecule has 0 aromatic heterocycles. The van der Waals surface area contributed by atoms with Crippen LogP contribution in [0.3, 0.4) is 0 Å². The summed E-state index contributed by atoms with van der Waals surface area (Å²) < 4.78 is 4.91. The third kappa shape index (κ3) is 3.27. The van der Waals surface area contributed by atoms with Crippen molar-refractivity contribution >= 4 is 5.91 Å². The standard InChI is InChI=1S/C10H20N2O2/c1-12(8-5-6-8)10(13)9(11)4-3-7-14-2/h8-9H,3-7,11H2,1-2H3. The van der Waals surface area contributed by atoms with Crippen molar-refractivity contribution in [1.29, 1.82) is 0 Å². The van der Waals surface area contributed by atoms with E-state index in [0.717, 1.165) is 19.3 Å². The Balaban J connectivity index is 2.20. The lowest BCUT2D eigenvalue weighted by Crippen LogP contribution is -2.42. The number of nitrogens with two attached hydrogens (primary N) is 1. The second-order valence-electron chi connectivity index (χ2n) is 3.92. The summed E-state index contributed by atoms with van der Waals surface area (Å²) in [5.41, 5.74) is 5.78. The van der Waals surface area contributed by atoms with Gasteiger partial charge in [0.05, 0.1) is 6.04 Å². The van der Waals surface area contributed by atoms with Gasteiger partial charge in [0.25, 0.3) is 0 Å². The molecular weight excluding hydrogens is 180 g/mol. The SMILES string of the molecule is COCCCC(N)C(=O)N(C)C1CC1. The summed E-state index contributed by atoms with van der Waals surface area (Å²) in [6.07, 6.45) is 3.83. The first-order valence-electron chi connectivity index (χ1n) is 5.18. The quantitative estimate of drug-likeness (QED) is 0.630. The Morgan fingerprint density at radius 2 is 2.29 bits per heavy atom. The molecule has 0 bridgehead atoms. The molecule has 14 heavy (non-hydrogen) atoms. The zero-order valence-corrected chi connectivity index (χ0v) is 9.03. The van der Waals surface area contributed by atoms with Crippen LogP contribution in [0.4, 0.5) is 0 Å². The van der Waals surface area contributed by atoms with Crippen LogP contribution in [0.15, 0.2) is 0 Å². The van der Waals surface area contributed by atoms with E-state index in [1.807, 2.05) is 7.05 Å². The van der Waals surface area contributed by atoms with Crippen LogP contribution < -0.4 is 5.73 Å². The highest BCUT2D eigenvalue weighted by molar-refractivity contribution is 5.81. The van der Waals surface area contributed by atoms with Crippen LogP contribution in [-0.4, -0.2) is 43.7 Å². The Bertz CT molecular complexity index is 193. The molecule has 0 saturated heterocycles. The lowest BCUT2D eigenvalue weighted by molar-refractivity contribution is -0.132. The molecule has 0 spiro atoms. The summed E-state index contributed by atoms with van der Waals surface area (Å²) in [7, 11) is 3.50. The number of carbonyl (C=O) groups is 1. The van der Waals surface area contributed by atoms with E-state index in [2.05, 4.69) is 0 Å². The summed E-state index contributed by atoms with van der Waals surface area (Å²) >= 11 is 0. The van der Waals surface area contributed by atoms with Crippen molar-refractivity contribution in [3.05, 3.63) is 0 Å². The van der Waals surface area contributed by atoms with Crippen LogP contribution in [-0.2, 0) is 9.53 Å². The van der Waals surface area contributed by atoms with Gasteiger partial charge in [0.15, 0.2) is 0 Å². The van der Waals surface area contributed by atoms with Gasteiger partial charge in [-0.3, -0.25) is 4.79 Å². The van der Waals surface area contributed by atoms with Crippen molar-refractivity contribution in [2.45, 2.75) is 37.8 Å². The summed E-state index contributed by atoms with van der Waals surface area (Å²) in [4.78, 5) is 13.5. The number of hydrogen-bond acceptors (Lipinski definition) is 3. The van der Waals surface area contributed by atoms with Gasteiger partial charge in [-0.25, -0.2) is 0 Å². The predicted octanol–water partition coefficient (Wildman–Crippen LogP) is 0.361. The summed E-state index contributed by atoms with van der Waals surface area (Å²) in [6, 6.07) is 0.103. The third-order valence-corrected chi connectivity index (χ3v) is 2.62. The molecule has 0 heterocycles. The van der Waals surface area contributed by atoms with E-state index >= 15 is 0 Å². The maximum atomic E-state index is 11.7. The van der Waals surface area contributed by atoms with Crippen LogP contribution >= 0.6 is 0 Å². The predicted molar refractivity (Wildman–Crippen MR) is 54.9 cm³/mol. The zero-order valence-electron chi connectivity index (χ0n) is 9.03. The Kier molecular flexibility index (Phi) is 4.35. The van der Waals surface area contributed by atoms with E-state index in [1.165, 1.54) is 0 Å². The number of rotatable bonds is 6. The monoisotopic (exact) mass is 200 g/mol. The maximum absolute atomic E-state index is 11.7. The topological polar surface area (TPSA) is 55.6 Å². The molecule has 1 aliphatic rings. The number of methoxy groups -OCH3 is 1. The molecule has 4 heteroatoms. The minimum Gasteiger partial charge on any atom is -0.385 e. The van der Waals surface area contributed by atoms with Crippen LogP contribution in [0.25, 0.3) is 0 Å². The Labute approximate surface area is 85.4 Å². The second-order valence-corrected chi connectivity index (χ2v) is 3.92. The minimum atomic E-state index is -0.351. The van der Waals surface area contributed by atoms with Gasteiger partial charge >= 0.3 is 0 Å². The maximum Gasteiger partial charge on any atom is 0.239 e. The van der Waals surface area contributed by atoms with E-state index in [-0.39, 0.29) is 11.9 Å². The molecule has 1 amide bonds. The van der Waals surface area contributed by atoms with Crippen molar-refractivity contribution in [3.63, 3.8) is 0 Å². The van der Waals surface area contributed by atoms with Gasteiger partial charge in [0.2, 0.25) is 5.91 Å². The Hall–Kier alpha value is -0.610. The first-order valence-corrected chi connectivity index (χ1v) is 5.18. The van der Waals surface area contributed by atoms with Crippen LogP contribution in [0, 0.1) is 0 Å². The minimum absolute atomic E-state index is 0.0728. The molecule has 82 valence electrons. The van der Waals surface area contributed by atoms with Crippen molar-refractivity contribution in [2.24, 2.45) is 5.73 Å². The van der Waals surface area contributed by atoms with Gasteiger partial charge in [0, 0.05) is 26.8 Å². The van der Waals surface area contributed by atoms with Crippen LogP contribution in [0.1, 0.15) is 25.7 Å². The van der Waals surface area contributed by atoms with E-state index in [1.54, 1.807) is 12.0 Å². The number of likely N-dealkylation sites (N-methyl/N-ethyl adjacent to an activating group) is 1. The van der Waals surface area contributed by atoms with Crippen molar-refractivity contribution < 1.29 is 9.53 Å². The fourth-order valence-corrected chi connectivity index (χ4v) is 1.47. The highest BCUT2D eigenvalue weighted by Crippen LogP contribution is 2.25. The smallest absolute Gasteiger partial charge is 0.239 e. The van der Waals surface area contributed by atoms with Crippen LogP contribution in [0.5, 0.6) is 0 Å². The first kappa shape index (κ1) is 11.5. The number of amides is 1. The third-order valence-electron chi connectivity index (χ3n) is 2.62. The molecule has 0 aromatic carbocycles. The molecule has 0 aromatic rings. The molecule has 1 unspecified atom stereocenters. The molecule has 1 aliphatic carbocycles. The lowest BCUT2D eigenvalue weighted by Gasteiger charge is -2.20. The van der Waals surface area contributed by atoms with Gasteiger partial charge in [-0.1, -0.05) is 0 Å². The van der Waals surface area contributed by atoms with Crippen molar-refractivity contribution in [1.82, 2.24) is 4.90 Å². The van der Waals surface area contributed by atoms with Gasteiger partial charge in [-0.2, -0.15) is 0 Å². The molecule has 4 nitrogen and oxygen atoms in total.